The number of rotatable bonds is 0. The maximum atomic E-state index is 11.6. The van der Waals surface area contributed by atoms with E-state index in [4.69, 9.17) is 4.42 Å². The first-order valence-electron chi connectivity index (χ1n) is 3.84. The van der Waals surface area contributed by atoms with Crippen molar-refractivity contribution in [1.82, 2.24) is 4.57 Å². The minimum atomic E-state index is -0.0405. The maximum Gasteiger partial charge on any atom is 0.262 e. The Bertz CT molecular complexity index is 524. The first kappa shape index (κ1) is 8.56. The summed E-state index contributed by atoms with van der Waals surface area (Å²) in [6.45, 7) is 1.91. The molecule has 0 aliphatic heterocycles. The highest BCUT2D eigenvalue weighted by atomic mass is 79.9. The topological polar surface area (TPSA) is 35.1 Å². The molecule has 0 unspecified atom stereocenters. The zero-order valence-electron chi connectivity index (χ0n) is 7.30. The van der Waals surface area contributed by atoms with Gasteiger partial charge in [0.25, 0.3) is 5.56 Å². The van der Waals surface area contributed by atoms with Crippen LogP contribution in [0.25, 0.3) is 11.0 Å². The highest BCUT2D eigenvalue weighted by molar-refractivity contribution is 9.10. The molecule has 2 rings (SSSR count). The van der Waals surface area contributed by atoms with E-state index in [1.54, 1.807) is 24.1 Å². The molecule has 0 fully saturated rings. The van der Waals surface area contributed by atoms with Gasteiger partial charge in [0.1, 0.15) is 17.2 Å². The lowest BCUT2D eigenvalue weighted by Crippen LogP contribution is -2.16. The van der Waals surface area contributed by atoms with Crippen molar-refractivity contribution in [2.24, 2.45) is 7.05 Å². The molecule has 2 heterocycles. The number of aromatic nitrogens is 1. The molecule has 0 aliphatic carbocycles. The van der Waals surface area contributed by atoms with E-state index in [9.17, 15) is 4.79 Å². The van der Waals surface area contributed by atoms with Crippen LogP contribution in [0.15, 0.2) is 26.1 Å². The first-order chi connectivity index (χ1) is 6.11. The summed E-state index contributed by atoms with van der Waals surface area (Å²) < 4.78 is 7.52. The Hall–Kier alpha value is -1.03. The Kier molecular flexibility index (Phi) is 1.80. The molecule has 0 radical (unpaired) electrons. The van der Waals surface area contributed by atoms with Gasteiger partial charge in [-0.2, -0.15) is 0 Å². The van der Waals surface area contributed by atoms with Gasteiger partial charge in [0, 0.05) is 18.8 Å². The second kappa shape index (κ2) is 2.73. The molecule has 0 aromatic carbocycles. The largest absolute Gasteiger partial charge is 0.463 e. The van der Waals surface area contributed by atoms with Crippen molar-refractivity contribution >= 4 is 26.9 Å². The lowest BCUT2D eigenvalue weighted by molar-refractivity contribution is 0.609. The number of hydrogen-bond acceptors (Lipinski definition) is 2. The van der Waals surface area contributed by atoms with Crippen molar-refractivity contribution in [3.63, 3.8) is 0 Å². The number of nitrogens with zero attached hydrogens (tertiary/aromatic N) is 1. The van der Waals surface area contributed by atoms with Gasteiger partial charge < -0.3 is 8.98 Å². The fraction of sp³-hybridized carbons (Fsp3) is 0.222. The molecule has 0 N–H and O–H groups in total. The summed E-state index contributed by atoms with van der Waals surface area (Å²) in [6, 6.07) is 0. The molecule has 0 spiro atoms. The van der Waals surface area contributed by atoms with Gasteiger partial charge in [-0.15, -0.1) is 0 Å². The van der Waals surface area contributed by atoms with E-state index in [1.807, 2.05) is 6.92 Å². The third-order valence-corrected chi connectivity index (χ3v) is 2.61. The predicted molar refractivity (Wildman–Crippen MR) is 53.9 cm³/mol. The molecule has 2 aromatic rings. The Labute approximate surface area is 83.1 Å². The van der Waals surface area contributed by atoms with Crippen LogP contribution in [0.2, 0.25) is 0 Å². The molecule has 2 aromatic heterocycles. The highest BCUT2D eigenvalue weighted by Crippen LogP contribution is 2.24. The van der Waals surface area contributed by atoms with E-state index in [-0.39, 0.29) is 5.56 Å². The van der Waals surface area contributed by atoms with Crippen LogP contribution in [-0.2, 0) is 7.05 Å². The molecule has 68 valence electrons. The second-order valence-electron chi connectivity index (χ2n) is 3.02. The minimum Gasteiger partial charge on any atom is -0.463 e. The van der Waals surface area contributed by atoms with Crippen LogP contribution in [-0.4, -0.2) is 4.57 Å². The smallest absolute Gasteiger partial charge is 0.262 e. The fourth-order valence-electron chi connectivity index (χ4n) is 1.41. The summed E-state index contributed by atoms with van der Waals surface area (Å²) in [5.74, 6) is 0. The van der Waals surface area contributed by atoms with Crippen molar-refractivity contribution in [2.45, 2.75) is 6.92 Å². The minimum absolute atomic E-state index is 0.0405. The van der Waals surface area contributed by atoms with E-state index in [0.717, 1.165) is 5.56 Å². The summed E-state index contributed by atoms with van der Waals surface area (Å²) in [6.07, 6.45) is 3.31. The molecular formula is C9H8BrNO2. The van der Waals surface area contributed by atoms with Crippen LogP contribution in [0.4, 0.5) is 0 Å². The van der Waals surface area contributed by atoms with Crippen LogP contribution in [0.3, 0.4) is 0 Å². The number of fused-ring (bicyclic) bond motifs is 1. The van der Waals surface area contributed by atoms with Crippen LogP contribution < -0.4 is 5.56 Å². The zero-order chi connectivity index (χ0) is 9.59. The second-order valence-corrected chi connectivity index (χ2v) is 3.87. The number of hydrogen-bond donors (Lipinski definition) is 0. The molecule has 3 nitrogen and oxygen atoms in total. The van der Waals surface area contributed by atoms with Crippen molar-refractivity contribution < 1.29 is 4.42 Å². The molecule has 13 heavy (non-hydrogen) atoms. The van der Waals surface area contributed by atoms with Crippen LogP contribution in [0.5, 0.6) is 0 Å². The van der Waals surface area contributed by atoms with Gasteiger partial charge in [-0.25, -0.2) is 0 Å². The predicted octanol–water partition coefficient (Wildman–Crippen LogP) is 2.20. The Morgan fingerprint density at radius 3 is 2.92 bits per heavy atom. The lowest BCUT2D eigenvalue weighted by Gasteiger charge is -1.99. The average Bonchev–Trinajstić information content (AvgIpc) is 2.44. The summed E-state index contributed by atoms with van der Waals surface area (Å²) in [4.78, 5) is 11.6. The number of pyridine rings is 1. The van der Waals surface area contributed by atoms with Gasteiger partial charge >= 0.3 is 0 Å². The monoisotopic (exact) mass is 241 g/mol. The number of furan rings is 1. The SMILES string of the molecule is Cc1cn(C)c(=O)c2c(Br)coc12. The van der Waals surface area contributed by atoms with Gasteiger partial charge in [0.15, 0.2) is 0 Å². The molecule has 0 bridgehead atoms. The van der Waals surface area contributed by atoms with Crippen LogP contribution in [0.1, 0.15) is 5.56 Å². The van der Waals surface area contributed by atoms with Gasteiger partial charge in [0.05, 0.1) is 4.47 Å². The van der Waals surface area contributed by atoms with E-state index in [1.165, 1.54) is 0 Å². The zero-order valence-corrected chi connectivity index (χ0v) is 8.88. The van der Waals surface area contributed by atoms with Gasteiger partial charge in [-0.1, -0.05) is 0 Å². The molecule has 0 atom stereocenters. The molecule has 0 aliphatic rings. The summed E-state index contributed by atoms with van der Waals surface area (Å²) in [5, 5.41) is 0.613. The molecule has 0 saturated carbocycles. The van der Waals surface area contributed by atoms with E-state index in [0.29, 0.717) is 15.4 Å². The third kappa shape index (κ3) is 1.13. The standard InChI is InChI=1S/C9H8BrNO2/c1-5-3-11(2)9(12)7-6(10)4-13-8(5)7/h3-4H,1-2H3. The first-order valence-corrected chi connectivity index (χ1v) is 4.63. The fourth-order valence-corrected chi connectivity index (χ4v) is 1.85. The summed E-state index contributed by atoms with van der Waals surface area (Å²) >= 11 is 3.28. The normalized spacial score (nSPS) is 11.0. The molecular weight excluding hydrogens is 234 g/mol. The van der Waals surface area contributed by atoms with Crippen molar-refractivity contribution in [3.05, 3.63) is 32.8 Å². The maximum absolute atomic E-state index is 11.6. The molecule has 4 heteroatoms. The molecule has 0 amide bonds. The average molecular weight is 242 g/mol. The van der Waals surface area contributed by atoms with E-state index < -0.39 is 0 Å². The Morgan fingerprint density at radius 2 is 2.23 bits per heavy atom. The van der Waals surface area contributed by atoms with Gasteiger partial charge in [-0.3, -0.25) is 4.79 Å². The van der Waals surface area contributed by atoms with Crippen molar-refractivity contribution in [3.8, 4) is 0 Å². The van der Waals surface area contributed by atoms with Gasteiger partial charge in [0.2, 0.25) is 0 Å². The molecule has 0 saturated heterocycles. The van der Waals surface area contributed by atoms with E-state index in [2.05, 4.69) is 15.9 Å². The number of aryl methyl sites for hydroxylation is 2. The van der Waals surface area contributed by atoms with Gasteiger partial charge in [-0.05, 0) is 22.9 Å². The summed E-state index contributed by atoms with van der Waals surface area (Å²) in [5.41, 5.74) is 1.58. The van der Waals surface area contributed by atoms with Crippen molar-refractivity contribution in [2.75, 3.05) is 0 Å². The van der Waals surface area contributed by atoms with Crippen LogP contribution in [0, 0.1) is 6.92 Å². The lowest BCUT2D eigenvalue weighted by atomic mass is 10.2. The third-order valence-electron chi connectivity index (χ3n) is 2.03. The van der Waals surface area contributed by atoms with Crippen molar-refractivity contribution in [1.29, 1.82) is 0 Å². The summed E-state index contributed by atoms with van der Waals surface area (Å²) in [7, 11) is 1.73. The highest BCUT2D eigenvalue weighted by Gasteiger charge is 2.11. The van der Waals surface area contributed by atoms with E-state index >= 15 is 0 Å². The Morgan fingerprint density at radius 1 is 1.54 bits per heavy atom. The Balaban J connectivity index is 3.10. The van der Waals surface area contributed by atoms with Crippen LogP contribution >= 0.6 is 15.9 Å². The quantitative estimate of drug-likeness (QED) is 0.709. The number of halogens is 1.